The van der Waals surface area contributed by atoms with Crippen LogP contribution in [0, 0.1) is 0 Å². The topological polar surface area (TPSA) is 47.0 Å². The van der Waals surface area contributed by atoms with Gasteiger partial charge in [-0.15, -0.1) is 15.5 Å². The summed E-state index contributed by atoms with van der Waals surface area (Å²) in [6.45, 7) is 0. The van der Waals surface area contributed by atoms with E-state index in [-0.39, 0.29) is 5.88 Å². The van der Waals surface area contributed by atoms with E-state index in [9.17, 15) is 12.3 Å². The number of alkyl halides is 1. The lowest BCUT2D eigenvalue weighted by molar-refractivity contribution is 0.551. The molecule has 0 unspecified atom stereocenters. The average Bonchev–Trinajstić information content (AvgIpc) is 2.03. The first-order valence-electron chi connectivity index (χ1n) is 2.99. The lowest BCUT2D eigenvalue weighted by Crippen LogP contribution is -1.94. The fourth-order valence-corrected chi connectivity index (χ4v) is 1.33. The summed E-state index contributed by atoms with van der Waals surface area (Å²) in [6, 6.07) is 2.17. The van der Waals surface area contributed by atoms with Crippen LogP contribution in [-0.4, -0.2) is 13.4 Å². The van der Waals surface area contributed by atoms with Gasteiger partial charge in [0, 0.05) is 6.20 Å². The number of aromatic nitrogens is 1. The van der Waals surface area contributed by atoms with Crippen LogP contribution in [0.4, 0.5) is 3.89 Å². The Labute approximate surface area is 74.4 Å². The molecule has 0 saturated heterocycles. The summed E-state index contributed by atoms with van der Waals surface area (Å²) in [6.07, 6.45) is 1.20. The first-order chi connectivity index (χ1) is 5.54. The van der Waals surface area contributed by atoms with Crippen LogP contribution in [0.2, 0.25) is 0 Å². The van der Waals surface area contributed by atoms with E-state index in [0.29, 0.717) is 5.69 Å². The van der Waals surface area contributed by atoms with Gasteiger partial charge in [0.05, 0.1) is 11.6 Å². The van der Waals surface area contributed by atoms with Gasteiger partial charge < -0.3 is 0 Å². The van der Waals surface area contributed by atoms with E-state index in [4.69, 9.17) is 11.6 Å². The van der Waals surface area contributed by atoms with Crippen LogP contribution in [0.15, 0.2) is 23.2 Å². The number of rotatable bonds is 2. The molecule has 0 N–H and O–H groups in total. The third-order valence-electron chi connectivity index (χ3n) is 1.21. The van der Waals surface area contributed by atoms with Crippen molar-refractivity contribution >= 4 is 21.8 Å². The minimum atomic E-state index is -4.63. The van der Waals surface area contributed by atoms with Gasteiger partial charge in [0.1, 0.15) is 4.90 Å². The molecule has 0 aliphatic carbocycles. The molecule has 6 heteroatoms. The fourth-order valence-electron chi connectivity index (χ4n) is 0.681. The van der Waals surface area contributed by atoms with Crippen molar-refractivity contribution in [1.82, 2.24) is 4.98 Å². The number of pyridine rings is 1. The maximum absolute atomic E-state index is 12.3. The Morgan fingerprint density at radius 3 is 2.75 bits per heavy atom. The summed E-state index contributed by atoms with van der Waals surface area (Å²) in [5, 5.41) is 0. The molecule has 12 heavy (non-hydrogen) atoms. The quantitative estimate of drug-likeness (QED) is 0.548. The molecule has 3 nitrogen and oxygen atoms in total. The molecule has 1 heterocycles. The zero-order valence-corrected chi connectivity index (χ0v) is 7.44. The molecule has 0 aliphatic rings. The van der Waals surface area contributed by atoms with Gasteiger partial charge in [-0.25, -0.2) is 0 Å². The van der Waals surface area contributed by atoms with Gasteiger partial charge in [0.2, 0.25) is 0 Å². The van der Waals surface area contributed by atoms with Crippen LogP contribution in [-0.2, 0) is 16.1 Å². The molecular weight excluding hydrogens is 205 g/mol. The maximum atomic E-state index is 12.3. The van der Waals surface area contributed by atoms with Gasteiger partial charge in [-0.1, -0.05) is 0 Å². The van der Waals surface area contributed by atoms with Gasteiger partial charge in [-0.2, -0.15) is 8.42 Å². The van der Waals surface area contributed by atoms with Crippen molar-refractivity contribution in [3.05, 3.63) is 24.0 Å². The number of hydrogen-bond donors (Lipinski definition) is 0. The highest BCUT2D eigenvalue weighted by Gasteiger charge is 2.11. The van der Waals surface area contributed by atoms with Crippen molar-refractivity contribution in [3.8, 4) is 0 Å². The van der Waals surface area contributed by atoms with E-state index in [2.05, 4.69) is 4.98 Å². The van der Waals surface area contributed by atoms with Gasteiger partial charge in [0.15, 0.2) is 0 Å². The Morgan fingerprint density at radius 1 is 1.58 bits per heavy atom. The summed E-state index contributed by atoms with van der Waals surface area (Å²) in [5.41, 5.74) is 0.329. The molecule has 0 atom stereocenters. The molecule has 0 spiro atoms. The zero-order chi connectivity index (χ0) is 9.19. The van der Waals surface area contributed by atoms with Crippen LogP contribution < -0.4 is 0 Å². The predicted molar refractivity (Wildman–Crippen MR) is 42.1 cm³/mol. The van der Waals surface area contributed by atoms with Crippen LogP contribution in [0.25, 0.3) is 0 Å². The third-order valence-corrected chi connectivity index (χ3v) is 2.30. The fraction of sp³-hybridized carbons (Fsp3) is 0.167. The normalized spacial score (nSPS) is 11.5. The van der Waals surface area contributed by atoms with E-state index in [1.807, 2.05) is 0 Å². The van der Waals surface area contributed by atoms with E-state index >= 15 is 0 Å². The summed E-state index contributed by atoms with van der Waals surface area (Å²) in [7, 11) is -4.63. The molecule has 1 rings (SSSR count). The second-order valence-electron chi connectivity index (χ2n) is 2.05. The Hall–Kier alpha value is -0.680. The molecule has 1 aromatic rings. The van der Waals surface area contributed by atoms with Gasteiger partial charge in [0.25, 0.3) is 0 Å². The van der Waals surface area contributed by atoms with Crippen molar-refractivity contribution in [2.75, 3.05) is 0 Å². The molecule has 0 radical (unpaired) electrons. The van der Waals surface area contributed by atoms with E-state index < -0.39 is 15.1 Å². The van der Waals surface area contributed by atoms with Crippen molar-refractivity contribution in [1.29, 1.82) is 0 Å². The Bertz CT molecular complexity index is 379. The smallest absolute Gasteiger partial charge is 0.260 e. The summed E-state index contributed by atoms with van der Waals surface area (Å²) in [4.78, 5) is 3.30. The molecule has 0 saturated carbocycles. The first-order valence-corrected chi connectivity index (χ1v) is 4.91. The van der Waals surface area contributed by atoms with Crippen LogP contribution in [0.1, 0.15) is 5.69 Å². The van der Waals surface area contributed by atoms with Crippen molar-refractivity contribution in [3.63, 3.8) is 0 Å². The molecule has 1 aromatic heterocycles. The Morgan fingerprint density at radius 2 is 2.25 bits per heavy atom. The minimum absolute atomic E-state index is 0.0589. The van der Waals surface area contributed by atoms with E-state index in [1.54, 1.807) is 0 Å². The highest BCUT2D eigenvalue weighted by Crippen LogP contribution is 2.12. The third kappa shape index (κ3) is 2.15. The first kappa shape index (κ1) is 9.41. The second kappa shape index (κ2) is 3.37. The lowest BCUT2D eigenvalue weighted by atomic mass is 10.4. The van der Waals surface area contributed by atoms with Gasteiger partial charge in [-0.3, -0.25) is 4.98 Å². The predicted octanol–water partition coefficient (Wildman–Crippen LogP) is 1.48. The Balaban J connectivity index is 3.20. The number of nitrogens with zero attached hydrogens (tertiary/aromatic N) is 1. The molecule has 66 valence electrons. The van der Waals surface area contributed by atoms with Gasteiger partial charge >= 0.3 is 10.2 Å². The number of hydrogen-bond acceptors (Lipinski definition) is 3. The zero-order valence-electron chi connectivity index (χ0n) is 5.87. The Kier molecular flexibility index (Phi) is 2.64. The number of halogens is 2. The largest absolute Gasteiger partial charge is 0.332 e. The second-order valence-corrected chi connectivity index (χ2v) is 3.67. The molecule has 0 fully saturated rings. The van der Waals surface area contributed by atoms with Crippen LogP contribution in [0.5, 0.6) is 0 Å². The molecule has 0 bridgehead atoms. The average molecular weight is 210 g/mol. The molecule has 0 aliphatic heterocycles. The maximum Gasteiger partial charge on any atom is 0.332 e. The minimum Gasteiger partial charge on any atom is -0.260 e. The summed E-state index contributed by atoms with van der Waals surface area (Å²) < 4.78 is 33.1. The molecule has 0 aromatic carbocycles. The standard InChI is InChI=1S/C6H5ClFNO2S/c7-4-5-3-6(1-2-9-5)12(8,10)11/h1-3H,4H2. The molecule has 0 amide bonds. The van der Waals surface area contributed by atoms with Crippen molar-refractivity contribution in [2.45, 2.75) is 10.8 Å². The highest BCUT2D eigenvalue weighted by molar-refractivity contribution is 7.86. The highest BCUT2D eigenvalue weighted by atomic mass is 35.5. The van der Waals surface area contributed by atoms with Crippen LogP contribution in [0.3, 0.4) is 0 Å². The molecular formula is C6H5ClFNO2S. The van der Waals surface area contributed by atoms with Crippen molar-refractivity contribution in [2.24, 2.45) is 0 Å². The SMILES string of the molecule is O=S(=O)(F)c1ccnc(CCl)c1. The van der Waals surface area contributed by atoms with E-state index in [1.165, 1.54) is 6.20 Å². The van der Waals surface area contributed by atoms with E-state index in [0.717, 1.165) is 12.1 Å². The van der Waals surface area contributed by atoms with Crippen molar-refractivity contribution < 1.29 is 12.3 Å². The van der Waals surface area contributed by atoms with Gasteiger partial charge in [-0.05, 0) is 12.1 Å². The monoisotopic (exact) mass is 209 g/mol. The summed E-state index contributed by atoms with van der Waals surface area (Å²) >= 11 is 5.37. The summed E-state index contributed by atoms with van der Waals surface area (Å²) in [5.74, 6) is 0.0589. The van der Waals surface area contributed by atoms with Crippen LogP contribution >= 0.6 is 11.6 Å². The lowest BCUT2D eigenvalue weighted by Gasteiger charge is -1.96.